The minimum atomic E-state index is -0.549. The molecule has 3 aromatic rings. The normalized spacial score (nSPS) is 10.2. The van der Waals surface area contributed by atoms with Crippen LogP contribution in [0.1, 0.15) is 19.4 Å². The first kappa shape index (κ1) is 22.7. The number of ether oxygens (including phenoxy) is 2. The van der Waals surface area contributed by atoms with Crippen molar-refractivity contribution < 1.29 is 23.5 Å². The quantitative estimate of drug-likeness (QED) is 0.528. The Morgan fingerprint density at radius 3 is 2.66 bits per heavy atom. The molecular formula is C22H19FN4O4S. The first-order valence-electron chi connectivity index (χ1n) is 9.52. The Morgan fingerprint density at radius 2 is 1.97 bits per heavy atom. The van der Waals surface area contributed by atoms with Crippen molar-refractivity contribution in [3.63, 3.8) is 0 Å². The van der Waals surface area contributed by atoms with Crippen molar-refractivity contribution in [3.8, 4) is 28.8 Å². The van der Waals surface area contributed by atoms with Gasteiger partial charge in [0, 0.05) is 29.6 Å². The first-order valence-corrected chi connectivity index (χ1v) is 10.4. The average Bonchev–Trinajstić information content (AvgIpc) is 3.20. The number of halogens is 1. The van der Waals surface area contributed by atoms with Crippen LogP contribution in [0, 0.1) is 17.1 Å². The van der Waals surface area contributed by atoms with Gasteiger partial charge in [-0.25, -0.2) is 9.37 Å². The fraction of sp³-hybridized carbons (Fsp3) is 0.182. The molecule has 10 heteroatoms. The third-order valence-electron chi connectivity index (χ3n) is 4.05. The van der Waals surface area contributed by atoms with Crippen molar-refractivity contribution >= 4 is 34.0 Å². The molecule has 0 aliphatic heterocycles. The zero-order valence-electron chi connectivity index (χ0n) is 17.3. The van der Waals surface area contributed by atoms with Gasteiger partial charge in [-0.1, -0.05) is 0 Å². The van der Waals surface area contributed by atoms with Crippen molar-refractivity contribution in [1.29, 1.82) is 5.26 Å². The molecule has 1 aromatic heterocycles. The van der Waals surface area contributed by atoms with E-state index < -0.39 is 11.7 Å². The molecule has 0 spiro atoms. The molecule has 1 heterocycles. The Labute approximate surface area is 187 Å². The van der Waals surface area contributed by atoms with Crippen LogP contribution in [0.25, 0.3) is 11.3 Å². The van der Waals surface area contributed by atoms with Crippen LogP contribution in [0.15, 0.2) is 41.8 Å². The highest BCUT2D eigenvalue weighted by Gasteiger charge is 2.14. The lowest BCUT2D eigenvalue weighted by Gasteiger charge is -2.11. The van der Waals surface area contributed by atoms with Gasteiger partial charge in [0.05, 0.1) is 23.9 Å². The second kappa shape index (κ2) is 10.4. The van der Waals surface area contributed by atoms with Crippen LogP contribution in [0.5, 0.6) is 11.5 Å². The number of hydrogen-bond acceptors (Lipinski definition) is 7. The second-order valence-corrected chi connectivity index (χ2v) is 7.31. The Morgan fingerprint density at radius 1 is 1.16 bits per heavy atom. The number of carbonyl (C=O) groups excluding carboxylic acids is 2. The molecule has 32 heavy (non-hydrogen) atoms. The molecule has 0 fully saturated rings. The molecular weight excluding hydrogens is 435 g/mol. The van der Waals surface area contributed by atoms with E-state index in [0.29, 0.717) is 35.1 Å². The number of aromatic nitrogens is 1. The number of nitriles is 1. The van der Waals surface area contributed by atoms with E-state index >= 15 is 0 Å². The topological polar surface area (TPSA) is 113 Å². The minimum Gasteiger partial charge on any atom is -0.490 e. The van der Waals surface area contributed by atoms with Gasteiger partial charge >= 0.3 is 0 Å². The predicted octanol–water partition coefficient (Wildman–Crippen LogP) is 4.20. The number of nitrogens with one attached hydrogen (secondary N) is 2. The molecule has 0 radical (unpaired) electrons. The zero-order valence-corrected chi connectivity index (χ0v) is 18.1. The molecule has 0 aliphatic rings. The van der Waals surface area contributed by atoms with Gasteiger partial charge in [-0.15, -0.1) is 11.3 Å². The van der Waals surface area contributed by atoms with E-state index in [1.807, 2.05) is 6.07 Å². The highest BCUT2D eigenvalue weighted by atomic mass is 32.1. The number of thiazole rings is 1. The summed E-state index contributed by atoms with van der Waals surface area (Å²) in [5.74, 6) is -0.602. The van der Waals surface area contributed by atoms with Crippen LogP contribution in [0.2, 0.25) is 0 Å². The molecule has 2 aromatic carbocycles. The third kappa shape index (κ3) is 5.80. The summed E-state index contributed by atoms with van der Waals surface area (Å²) < 4.78 is 25.4. The van der Waals surface area contributed by atoms with Crippen LogP contribution in [-0.2, 0) is 9.59 Å². The van der Waals surface area contributed by atoms with Crippen LogP contribution >= 0.6 is 11.3 Å². The van der Waals surface area contributed by atoms with Crippen LogP contribution in [0.3, 0.4) is 0 Å². The van der Waals surface area contributed by atoms with Crippen LogP contribution in [0.4, 0.5) is 15.2 Å². The predicted molar refractivity (Wildman–Crippen MR) is 118 cm³/mol. The summed E-state index contributed by atoms with van der Waals surface area (Å²) in [5.41, 5.74) is 1.35. The van der Waals surface area contributed by atoms with Crippen molar-refractivity contribution in [1.82, 2.24) is 4.98 Å². The second-order valence-electron chi connectivity index (χ2n) is 6.46. The summed E-state index contributed by atoms with van der Waals surface area (Å²) >= 11 is 1.14. The molecule has 2 N–H and O–H groups in total. The fourth-order valence-corrected chi connectivity index (χ4v) is 3.45. The molecule has 0 atom stereocenters. The standard InChI is InChI=1S/C22H19FN4O4S/c1-3-30-20-8-14(10-24)4-7-19(20)31-11-21(29)27-22-26-18(12-32-22)16-6-5-15(9-17(16)23)25-13(2)28/h4-9,12H,3,11H2,1-2H3,(H,25,28)(H,26,27,29). The van der Waals surface area contributed by atoms with Gasteiger partial charge in [0.15, 0.2) is 23.2 Å². The van der Waals surface area contributed by atoms with E-state index in [4.69, 9.17) is 14.7 Å². The molecule has 0 saturated heterocycles. The minimum absolute atomic E-state index is 0.242. The van der Waals surface area contributed by atoms with E-state index in [-0.39, 0.29) is 23.2 Å². The highest BCUT2D eigenvalue weighted by molar-refractivity contribution is 7.14. The molecule has 0 saturated carbocycles. The summed E-state index contributed by atoms with van der Waals surface area (Å²) in [7, 11) is 0. The SMILES string of the molecule is CCOc1cc(C#N)ccc1OCC(=O)Nc1nc(-c2ccc(NC(C)=O)cc2F)cs1. The molecule has 3 rings (SSSR count). The third-order valence-corrected chi connectivity index (χ3v) is 4.81. The molecule has 0 aliphatic carbocycles. The molecule has 8 nitrogen and oxygen atoms in total. The summed E-state index contributed by atoms with van der Waals surface area (Å²) in [6, 6.07) is 11.0. The number of nitrogens with zero attached hydrogens (tertiary/aromatic N) is 2. The maximum Gasteiger partial charge on any atom is 0.264 e. The monoisotopic (exact) mass is 454 g/mol. The lowest BCUT2D eigenvalue weighted by atomic mass is 10.1. The molecule has 0 bridgehead atoms. The van der Waals surface area contributed by atoms with E-state index in [1.54, 1.807) is 30.5 Å². The van der Waals surface area contributed by atoms with Gasteiger partial charge in [-0.2, -0.15) is 5.26 Å². The van der Waals surface area contributed by atoms with Crippen LogP contribution < -0.4 is 20.1 Å². The number of rotatable bonds is 8. The van der Waals surface area contributed by atoms with Gasteiger partial charge in [0.2, 0.25) is 5.91 Å². The Bertz CT molecular complexity index is 1190. The van der Waals surface area contributed by atoms with E-state index in [2.05, 4.69) is 15.6 Å². The van der Waals surface area contributed by atoms with Crippen LogP contribution in [-0.4, -0.2) is 30.0 Å². The molecule has 164 valence electrons. The zero-order chi connectivity index (χ0) is 23.1. The Hall–Kier alpha value is -3.97. The number of anilines is 2. The molecule has 0 unspecified atom stereocenters. The maximum absolute atomic E-state index is 14.4. The van der Waals surface area contributed by atoms with E-state index in [9.17, 15) is 14.0 Å². The highest BCUT2D eigenvalue weighted by Crippen LogP contribution is 2.30. The first-order chi connectivity index (χ1) is 15.4. The van der Waals surface area contributed by atoms with Gasteiger partial charge in [0.1, 0.15) is 5.82 Å². The maximum atomic E-state index is 14.4. The van der Waals surface area contributed by atoms with Crippen molar-refractivity contribution in [3.05, 3.63) is 53.2 Å². The van der Waals surface area contributed by atoms with E-state index in [0.717, 1.165) is 11.3 Å². The fourth-order valence-electron chi connectivity index (χ4n) is 2.72. The lowest BCUT2D eigenvalue weighted by molar-refractivity contribution is -0.118. The lowest BCUT2D eigenvalue weighted by Crippen LogP contribution is -2.20. The van der Waals surface area contributed by atoms with Crippen molar-refractivity contribution in [2.45, 2.75) is 13.8 Å². The Kier molecular flexibility index (Phi) is 7.36. The van der Waals surface area contributed by atoms with Gasteiger partial charge < -0.3 is 14.8 Å². The summed E-state index contributed by atoms with van der Waals surface area (Å²) in [6.07, 6.45) is 0. The van der Waals surface area contributed by atoms with Crippen molar-refractivity contribution in [2.24, 2.45) is 0 Å². The number of carbonyl (C=O) groups is 2. The number of benzene rings is 2. The van der Waals surface area contributed by atoms with Gasteiger partial charge in [0.25, 0.3) is 5.91 Å². The smallest absolute Gasteiger partial charge is 0.264 e. The Balaban J connectivity index is 1.63. The van der Waals surface area contributed by atoms with Gasteiger partial charge in [-0.3, -0.25) is 14.9 Å². The van der Waals surface area contributed by atoms with Gasteiger partial charge in [-0.05, 0) is 37.3 Å². The summed E-state index contributed by atoms with van der Waals surface area (Å²) in [4.78, 5) is 27.6. The van der Waals surface area contributed by atoms with Crippen molar-refractivity contribution in [2.75, 3.05) is 23.8 Å². The number of amides is 2. The van der Waals surface area contributed by atoms with E-state index in [1.165, 1.54) is 25.1 Å². The largest absolute Gasteiger partial charge is 0.490 e. The summed E-state index contributed by atoms with van der Waals surface area (Å²) in [5, 5.41) is 16.0. The number of hydrogen-bond donors (Lipinski definition) is 2. The summed E-state index contributed by atoms with van der Waals surface area (Å²) in [6.45, 7) is 3.21. The average molecular weight is 454 g/mol. The molecule has 2 amide bonds.